The van der Waals surface area contributed by atoms with Crippen molar-refractivity contribution in [1.29, 1.82) is 0 Å². The van der Waals surface area contributed by atoms with Crippen LogP contribution in [0, 0.1) is 11.6 Å². The van der Waals surface area contributed by atoms with Gasteiger partial charge in [-0.2, -0.15) is 5.10 Å². The summed E-state index contributed by atoms with van der Waals surface area (Å²) in [5.41, 5.74) is -0.561. The van der Waals surface area contributed by atoms with E-state index in [1.165, 1.54) is 11.0 Å². The predicted octanol–water partition coefficient (Wildman–Crippen LogP) is 2.23. The SMILES string of the molecule is CCN(CC(=O)Nc1c(F)cccc1F)C(=O)Cc1n[nH]c(=O)c2ccccc12. The van der Waals surface area contributed by atoms with E-state index in [1.54, 1.807) is 31.2 Å². The van der Waals surface area contributed by atoms with Gasteiger partial charge in [-0.15, -0.1) is 0 Å². The average Bonchev–Trinajstić information content (AvgIpc) is 2.71. The summed E-state index contributed by atoms with van der Waals surface area (Å²) in [6.07, 6.45) is -0.146. The van der Waals surface area contributed by atoms with Gasteiger partial charge in [-0.05, 0) is 25.1 Å². The van der Waals surface area contributed by atoms with Crippen LogP contribution in [0.15, 0.2) is 47.3 Å². The number of carbonyl (C=O) groups excluding carboxylic acids is 2. The molecule has 3 aromatic rings. The third-order valence-electron chi connectivity index (χ3n) is 4.39. The fraction of sp³-hybridized carbons (Fsp3) is 0.200. The first-order valence-corrected chi connectivity index (χ1v) is 8.88. The van der Waals surface area contributed by atoms with Gasteiger partial charge < -0.3 is 10.2 Å². The number of benzene rings is 2. The topological polar surface area (TPSA) is 95.2 Å². The molecule has 3 rings (SSSR count). The van der Waals surface area contributed by atoms with Gasteiger partial charge in [0.05, 0.1) is 24.0 Å². The van der Waals surface area contributed by atoms with E-state index in [0.29, 0.717) is 16.5 Å². The third-order valence-corrected chi connectivity index (χ3v) is 4.39. The Balaban J connectivity index is 1.74. The summed E-state index contributed by atoms with van der Waals surface area (Å²) in [6, 6.07) is 9.97. The average molecular weight is 400 g/mol. The van der Waals surface area contributed by atoms with Gasteiger partial charge in [0.15, 0.2) is 0 Å². The summed E-state index contributed by atoms with van der Waals surface area (Å²) < 4.78 is 27.4. The molecule has 1 heterocycles. The summed E-state index contributed by atoms with van der Waals surface area (Å²) in [7, 11) is 0. The summed E-state index contributed by atoms with van der Waals surface area (Å²) in [5, 5.41) is 9.40. The van der Waals surface area contributed by atoms with E-state index in [1.807, 2.05) is 0 Å². The minimum absolute atomic E-state index is 0.146. The number of nitrogens with one attached hydrogen (secondary N) is 2. The molecule has 2 N–H and O–H groups in total. The minimum Gasteiger partial charge on any atom is -0.333 e. The number of hydrogen-bond donors (Lipinski definition) is 2. The van der Waals surface area contributed by atoms with Crippen LogP contribution in [-0.2, 0) is 16.0 Å². The lowest BCUT2D eigenvalue weighted by Crippen LogP contribution is -2.39. The van der Waals surface area contributed by atoms with Gasteiger partial charge in [0.1, 0.15) is 17.3 Å². The maximum Gasteiger partial charge on any atom is 0.272 e. The lowest BCUT2D eigenvalue weighted by atomic mass is 10.1. The Morgan fingerprint density at radius 1 is 1.07 bits per heavy atom. The molecule has 0 spiro atoms. The number of aromatic nitrogens is 2. The van der Waals surface area contributed by atoms with Gasteiger partial charge in [0.25, 0.3) is 5.56 Å². The third kappa shape index (κ3) is 4.45. The van der Waals surface area contributed by atoms with Crippen LogP contribution in [0.1, 0.15) is 12.6 Å². The molecule has 0 aliphatic carbocycles. The second-order valence-electron chi connectivity index (χ2n) is 6.27. The zero-order chi connectivity index (χ0) is 21.0. The molecule has 2 amide bonds. The normalized spacial score (nSPS) is 10.7. The highest BCUT2D eigenvalue weighted by Crippen LogP contribution is 2.18. The molecule has 0 aliphatic heterocycles. The van der Waals surface area contributed by atoms with Crippen molar-refractivity contribution in [2.24, 2.45) is 0 Å². The molecule has 0 atom stereocenters. The largest absolute Gasteiger partial charge is 0.333 e. The first-order valence-electron chi connectivity index (χ1n) is 8.88. The fourth-order valence-electron chi connectivity index (χ4n) is 2.91. The Labute approximate surface area is 164 Å². The quantitative estimate of drug-likeness (QED) is 0.663. The van der Waals surface area contributed by atoms with Crippen molar-refractivity contribution >= 4 is 28.3 Å². The van der Waals surface area contributed by atoms with E-state index in [0.717, 1.165) is 12.1 Å². The molecular weight excluding hydrogens is 382 g/mol. The summed E-state index contributed by atoms with van der Waals surface area (Å²) in [6.45, 7) is 1.49. The van der Waals surface area contributed by atoms with Crippen molar-refractivity contribution in [2.75, 3.05) is 18.4 Å². The Bertz CT molecular complexity index is 1110. The molecule has 9 heteroatoms. The van der Waals surface area contributed by atoms with E-state index < -0.39 is 29.1 Å². The van der Waals surface area contributed by atoms with Crippen LogP contribution >= 0.6 is 0 Å². The molecule has 150 valence electrons. The second-order valence-corrected chi connectivity index (χ2v) is 6.27. The highest BCUT2D eigenvalue weighted by Gasteiger charge is 2.20. The van der Waals surface area contributed by atoms with Gasteiger partial charge in [-0.25, -0.2) is 13.9 Å². The molecule has 2 aromatic carbocycles. The number of likely N-dealkylation sites (N-methyl/N-ethyl adjacent to an activating group) is 1. The molecule has 0 aliphatic rings. The Hall–Kier alpha value is -3.62. The lowest BCUT2D eigenvalue weighted by molar-refractivity contribution is -0.133. The lowest BCUT2D eigenvalue weighted by Gasteiger charge is -2.20. The van der Waals surface area contributed by atoms with Gasteiger partial charge >= 0.3 is 0 Å². The predicted molar refractivity (Wildman–Crippen MR) is 103 cm³/mol. The number of H-pyrrole nitrogens is 1. The van der Waals surface area contributed by atoms with Gasteiger partial charge in [0.2, 0.25) is 11.8 Å². The van der Waals surface area contributed by atoms with E-state index in [4.69, 9.17) is 0 Å². The van der Waals surface area contributed by atoms with Crippen molar-refractivity contribution in [3.05, 3.63) is 70.1 Å². The maximum atomic E-state index is 13.7. The maximum absolute atomic E-state index is 13.7. The van der Waals surface area contributed by atoms with Crippen LogP contribution in [0.25, 0.3) is 10.8 Å². The minimum atomic E-state index is -0.906. The van der Waals surface area contributed by atoms with Gasteiger partial charge in [0, 0.05) is 11.9 Å². The van der Waals surface area contributed by atoms with Crippen LogP contribution in [0.4, 0.5) is 14.5 Å². The highest BCUT2D eigenvalue weighted by molar-refractivity contribution is 5.95. The van der Waals surface area contributed by atoms with Crippen LogP contribution < -0.4 is 10.9 Å². The Morgan fingerprint density at radius 2 is 1.72 bits per heavy atom. The summed E-state index contributed by atoms with van der Waals surface area (Å²) >= 11 is 0. The second kappa shape index (κ2) is 8.59. The van der Waals surface area contributed by atoms with Crippen molar-refractivity contribution in [3.8, 4) is 0 Å². The van der Waals surface area contributed by atoms with E-state index in [-0.39, 0.29) is 25.1 Å². The number of halogens is 2. The van der Waals surface area contributed by atoms with Crippen LogP contribution in [0.3, 0.4) is 0 Å². The molecule has 29 heavy (non-hydrogen) atoms. The van der Waals surface area contributed by atoms with Crippen LogP contribution in [-0.4, -0.2) is 40.0 Å². The summed E-state index contributed by atoms with van der Waals surface area (Å²) in [5.74, 6) is -2.96. The zero-order valence-electron chi connectivity index (χ0n) is 15.5. The van der Waals surface area contributed by atoms with E-state index in [2.05, 4.69) is 15.5 Å². The number of nitrogens with zero attached hydrogens (tertiary/aromatic N) is 2. The number of hydrogen-bond acceptors (Lipinski definition) is 4. The number of anilines is 1. The molecule has 1 aromatic heterocycles. The van der Waals surface area contributed by atoms with Crippen LogP contribution in [0.5, 0.6) is 0 Å². The molecule has 0 unspecified atom stereocenters. The summed E-state index contributed by atoms with van der Waals surface area (Å²) in [4.78, 5) is 37.9. The standard InChI is InChI=1S/C20H18F2N4O3/c1-2-26(11-17(27)23-19-14(21)8-5-9-15(19)22)18(28)10-16-12-6-3-4-7-13(12)20(29)25-24-16/h3-9H,2,10-11H2,1H3,(H,23,27)(H,25,29). The van der Waals surface area contributed by atoms with Crippen molar-refractivity contribution in [2.45, 2.75) is 13.3 Å². The number of aromatic amines is 1. The van der Waals surface area contributed by atoms with Crippen molar-refractivity contribution < 1.29 is 18.4 Å². The first kappa shape index (κ1) is 20.1. The first-order chi connectivity index (χ1) is 13.9. The van der Waals surface area contributed by atoms with Crippen molar-refractivity contribution in [3.63, 3.8) is 0 Å². The molecule has 7 nitrogen and oxygen atoms in total. The van der Waals surface area contributed by atoms with Gasteiger partial charge in [-0.1, -0.05) is 24.3 Å². The highest BCUT2D eigenvalue weighted by atomic mass is 19.1. The van der Waals surface area contributed by atoms with Gasteiger partial charge in [-0.3, -0.25) is 14.4 Å². The van der Waals surface area contributed by atoms with E-state index in [9.17, 15) is 23.2 Å². The smallest absolute Gasteiger partial charge is 0.272 e. The molecular formula is C20H18F2N4O3. The zero-order valence-corrected chi connectivity index (χ0v) is 15.5. The molecule has 0 bridgehead atoms. The Kier molecular flexibility index (Phi) is 5.96. The molecule has 0 radical (unpaired) electrons. The molecule has 0 saturated carbocycles. The number of para-hydroxylation sites is 1. The molecule has 0 fully saturated rings. The number of fused-ring (bicyclic) bond motifs is 1. The Morgan fingerprint density at radius 3 is 2.38 bits per heavy atom. The fourth-order valence-corrected chi connectivity index (χ4v) is 2.91. The van der Waals surface area contributed by atoms with E-state index >= 15 is 0 Å². The number of amides is 2. The van der Waals surface area contributed by atoms with Crippen molar-refractivity contribution in [1.82, 2.24) is 15.1 Å². The van der Waals surface area contributed by atoms with Crippen LogP contribution in [0.2, 0.25) is 0 Å². The molecule has 0 saturated heterocycles. The monoisotopic (exact) mass is 400 g/mol. The number of carbonyl (C=O) groups is 2. The number of rotatable bonds is 6.